The van der Waals surface area contributed by atoms with Gasteiger partial charge in [-0.25, -0.2) is 0 Å². The van der Waals surface area contributed by atoms with Crippen LogP contribution in [0.4, 0.5) is 0 Å². The lowest BCUT2D eigenvalue weighted by Gasteiger charge is -2.30. The highest BCUT2D eigenvalue weighted by Crippen LogP contribution is 2.28. The molecule has 0 aliphatic carbocycles. The fraction of sp³-hybridized carbons (Fsp3) is 0.346. The minimum absolute atomic E-state index is 0.823. The van der Waals surface area contributed by atoms with Crippen LogP contribution < -0.4 is 4.74 Å². The van der Waals surface area contributed by atoms with Crippen molar-refractivity contribution in [2.45, 2.75) is 13.1 Å². The SMILES string of the molecule is COc1ccc(-c2ccccc2)cc1CN(CCN1CCOCC1)Cc1cccnc1. The average molecular weight is 418 g/mol. The minimum atomic E-state index is 0.823. The van der Waals surface area contributed by atoms with Crippen LogP contribution in [0.3, 0.4) is 0 Å². The number of methoxy groups -OCH3 is 1. The molecular formula is C26H31N3O2. The van der Waals surface area contributed by atoms with E-state index in [0.717, 1.165) is 58.2 Å². The van der Waals surface area contributed by atoms with Crippen molar-refractivity contribution in [1.29, 1.82) is 0 Å². The summed E-state index contributed by atoms with van der Waals surface area (Å²) in [6.07, 6.45) is 3.79. The molecule has 4 rings (SSSR count). The molecule has 5 nitrogen and oxygen atoms in total. The minimum Gasteiger partial charge on any atom is -0.496 e. The molecule has 0 spiro atoms. The largest absolute Gasteiger partial charge is 0.496 e. The van der Waals surface area contributed by atoms with E-state index in [1.807, 2.05) is 18.5 Å². The van der Waals surface area contributed by atoms with Crippen molar-refractivity contribution in [3.8, 4) is 16.9 Å². The van der Waals surface area contributed by atoms with Gasteiger partial charge in [0.2, 0.25) is 0 Å². The van der Waals surface area contributed by atoms with Crippen molar-refractivity contribution in [3.05, 3.63) is 84.2 Å². The van der Waals surface area contributed by atoms with Crippen LogP contribution >= 0.6 is 0 Å². The monoisotopic (exact) mass is 417 g/mol. The first-order valence-electron chi connectivity index (χ1n) is 11.0. The maximum absolute atomic E-state index is 5.72. The second kappa shape index (κ2) is 11.0. The fourth-order valence-electron chi connectivity index (χ4n) is 4.02. The third-order valence-electron chi connectivity index (χ3n) is 5.75. The summed E-state index contributed by atoms with van der Waals surface area (Å²) >= 11 is 0. The predicted octanol–water partition coefficient (Wildman–Crippen LogP) is 4.09. The second-order valence-corrected chi connectivity index (χ2v) is 7.92. The number of ether oxygens (including phenoxy) is 2. The quantitative estimate of drug-likeness (QED) is 0.524. The topological polar surface area (TPSA) is 37.8 Å². The highest BCUT2D eigenvalue weighted by Gasteiger charge is 2.16. The summed E-state index contributed by atoms with van der Waals surface area (Å²) in [5.41, 5.74) is 4.86. The Kier molecular flexibility index (Phi) is 7.66. The Bertz CT molecular complexity index is 928. The molecule has 5 heteroatoms. The van der Waals surface area contributed by atoms with Crippen LogP contribution in [0.5, 0.6) is 5.75 Å². The molecule has 162 valence electrons. The van der Waals surface area contributed by atoms with Crippen LogP contribution in [0.2, 0.25) is 0 Å². The number of rotatable bonds is 9. The van der Waals surface area contributed by atoms with E-state index < -0.39 is 0 Å². The molecule has 0 saturated carbocycles. The third kappa shape index (κ3) is 6.14. The van der Waals surface area contributed by atoms with Gasteiger partial charge in [0.25, 0.3) is 0 Å². The normalized spacial score (nSPS) is 14.6. The van der Waals surface area contributed by atoms with E-state index in [1.165, 1.54) is 22.3 Å². The standard InChI is InChI=1S/C26H31N3O2/c1-30-26-10-9-24(23-7-3-2-4-8-23)18-25(26)21-29(20-22-6-5-11-27-19-22)13-12-28-14-16-31-17-15-28/h2-11,18-19H,12-17,20-21H2,1H3. The van der Waals surface area contributed by atoms with Crippen molar-refractivity contribution in [3.63, 3.8) is 0 Å². The lowest BCUT2D eigenvalue weighted by Crippen LogP contribution is -2.41. The molecule has 2 heterocycles. The number of morpholine rings is 1. The molecule has 0 radical (unpaired) electrons. The van der Waals surface area contributed by atoms with Gasteiger partial charge in [-0.2, -0.15) is 0 Å². The molecule has 1 saturated heterocycles. The maximum atomic E-state index is 5.72. The lowest BCUT2D eigenvalue weighted by molar-refractivity contribution is 0.0324. The third-order valence-corrected chi connectivity index (χ3v) is 5.75. The van der Waals surface area contributed by atoms with Gasteiger partial charge in [-0.1, -0.05) is 42.5 Å². The van der Waals surface area contributed by atoms with Gasteiger partial charge in [0.1, 0.15) is 5.75 Å². The number of pyridine rings is 1. The van der Waals surface area contributed by atoms with Crippen molar-refractivity contribution < 1.29 is 9.47 Å². The van der Waals surface area contributed by atoms with Gasteiger partial charge in [-0.15, -0.1) is 0 Å². The van der Waals surface area contributed by atoms with E-state index >= 15 is 0 Å². The average Bonchev–Trinajstić information content (AvgIpc) is 2.84. The molecule has 0 amide bonds. The van der Waals surface area contributed by atoms with Gasteiger partial charge in [0.05, 0.1) is 20.3 Å². The van der Waals surface area contributed by atoms with E-state index in [0.29, 0.717) is 0 Å². The van der Waals surface area contributed by atoms with E-state index in [1.54, 1.807) is 7.11 Å². The first-order valence-corrected chi connectivity index (χ1v) is 11.0. The highest BCUT2D eigenvalue weighted by molar-refractivity contribution is 5.65. The molecule has 2 aromatic carbocycles. The number of aromatic nitrogens is 1. The second-order valence-electron chi connectivity index (χ2n) is 7.92. The number of hydrogen-bond donors (Lipinski definition) is 0. The van der Waals surface area contributed by atoms with E-state index in [2.05, 4.69) is 69.4 Å². The van der Waals surface area contributed by atoms with Crippen LogP contribution in [0.25, 0.3) is 11.1 Å². The van der Waals surface area contributed by atoms with Crippen LogP contribution in [0, 0.1) is 0 Å². The Morgan fingerprint density at radius 2 is 1.81 bits per heavy atom. The van der Waals surface area contributed by atoms with Gasteiger partial charge in [-0.05, 0) is 34.9 Å². The summed E-state index contributed by atoms with van der Waals surface area (Å²) in [5, 5.41) is 0. The van der Waals surface area contributed by atoms with Gasteiger partial charge < -0.3 is 9.47 Å². The highest BCUT2D eigenvalue weighted by atomic mass is 16.5. The van der Waals surface area contributed by atoms with Crippen LogP contribution in [0.15, 0.2) is 73.1 Å². The zero-order valence-corrected chi connectivity index (χ0v) is 18.2. The summed E-state index contributed by atoms with van der Waals surface area (Å²) in [4.78, 5) is 9.27. The number of hydrogen-bond acceptors (Lipinski definition) is 5. The van der Waals surface area contributed by atoms with Crippen molar-refractivity contribution in [2.24, 2.45) is 0 Å². The Hall–Kier alpha value is -2.73. The van der Waals surface area contributed by atoms with Crippen LogP contribution in [-0.2, 0) is 17.8 Å². The number of benzene rings is 2. The van der Waals surface area contributed by atoms with Gasteiger partial charge in [0, 0.05) is 57.2 Å². The molecule has 1 fully saturated rings. The summed E-state index contributed by atoms with van der Waals surface area (Å²) in [6.45, 7) is 7.37. The molecule has 0 bridgehead atoms. The molecule has 0 unspecified atom stereocenters. The van der Waals surface area contributed by atoms with Gasteiger partial charge in [-0.3, -0.25) is 14.8 Å². The van der Waals surface area contributed by atoms with Crippen molar-refractivity contribution in [1.82, 2.24) is 14.8 Å². The van der Waals surface area contributed by atoms with Gasteiger partial charge >= 0.3 is 0 Å². The van der Waals surface area contributed by atoms with E-state index in [-0.39, 0.29) is 0 Å². The predicted molar refractivity (Wildman–Crippen MR) is 124 cm³/mol. The molecule has 1 aliphatic heterocycles. The van der Waals surface area contributed by atoms with Crippen molar-refractivity contribution >= 4 is 0 Å². The van der Waals surface area contributed by atoms with E-state index in [4.69, 9.17) is 9.47 Å². The van der Waals surface area contributed by atoms with Crippen molar-refractivity contribution in [2.75, 3.05) is 46.5 Å². The smallest absolute Gasteiger partial charge is 0.123 e. The molecule has 0 N–H and O–H groups in total. The van der Waals surface area contributed by atoms with Gasteiger partial charge in [0.15, 0.2) is 0 Å². The summed E-state index contributed by atoms with van der Waals surface area (Å²) in [6, 6.07) is 21.1. The summed E-state index contributed by atoms with van der Waals surface area (Å²) < 4.78 is 11.2. The molecule has 3 aromatic rings. The summed E-state index contributed by atoms with van der Waals surface area (Å²) in [7, 11) is 1.75. The first kappa shape index (κ1) is 21.5. The Balaban J connectivity index is 1.54. The first-order chi connectivity index (χ1) is 15.3. The molecule has 1 aromatic heterocycles. The zero-order valence-electron chi connectivity index (χ0n) is 18.2. The molecular weight excluding hydrogens is 386 g/mol. The molecule has 0 atom stereocenters. The lowest BCUT2D eigenvalue weighted by atomic mass is 10.0. The zero-order chi connectivity index (χ0) is 21.3. The molecule has 31 heavy (non-hydrogen) atoms. The van der Waals surface area contributed by atoms with Crippen LogP contribution in [-0.4, -0.2) is 61.3 Å². The Morgan fingerprint density at radius 1 is 0.968 bits per heavy atom. The molecule has 1 aliphatic rings. The Labute approximate surface area is 185 Å². The Morgan fingerprint density at radius 3 is 2.55 bits per heavy atom. The maximum Gasteiger partial charge on any atom is 0.123 e. The summed E-state index contributed by atoms with van der Waals surface area (Å²) in [5.74, 6) is 0.933. The van der Waals surface area contributed by atoms with Crippen LogP contribution in [0.1, 0.15) is 11.1 Å². The fourth-order valence-corrected chi connectivity index (χ4v) is 4.02. The number of nitrogens with zero attached hydrogens (tertiary/aromatic N) is 3. The van der Waals surface area contributed by atoms with E-state index in [9.17, 15) is 0 Å².